The lowest BCUT2D eigenvalue weighted by atomic mass is 9.96. The van der Waals surface area contributed by atoms with Gasteiger partial charge in [0.1, 0.15) is 0 Å². The molecule has 3 rings (SSSR count). The molecule has 2 aromatic carbocycles. The molecule has 0 aliphatic carbocycles. The Labute approximate surface area is 190 Å². The average molecular weight is 440 g/mol. The summed E-state index contributed by atoms with van der Waals surface area (Å²) in [5, 5.41) is 5.98. The molecule has 0 spiro atoms. The number of aryl methyl sites for hydroxylation is 1. The van der Waals surface area contributed by atoms with Crippen molar-refractivity contribution in [3.63, 3.8) is 0 Å². The number of likely N-dealkylation sites (tertiary alicyclic amines) is 1. The van der Waals surface area contributed by atoms with Gasteiger partial charge in [0.05, 0.1) is 20.8 Å². The lowest BCUT2D eigenvalue weighted by Gasteiger charge is -2.30. The molecule has 0 aromatic heterocycles. The fourth-order valence-electron chi connectivity index (χ4n) is 3.90. The summed E-state index contributed by atoms with van der Waals surface area (Å²) < 4.78 is 10.6. The van der Waals surface area contributed by atoms with E-state index in [9.17, 15) is 9.59 Å². The predicted octanol–water partition coefficient (Wildman–Crippen LogP) is 3.02. The zero-order chi connectivity index (χ0) is 22.9. The van der Waals surface area contributed by atoms with Crippen LogP contribution in [0.25, 0.3) is 0 Å². The maximum atomic E-state index is 12.6. The summed E-state index contributed by atoms with van der Waals surface area (Å²) in [7, 11) is 3.22. The van der Waals surface area contributed by atoms with Crippen LogP contribution in [-0.4, -0.2) is 57.1 Å². The number of methoxy groups -OCH3 is 2. The Kier molecular flexibility index (Phi) is 8.50. The number of nitrogens with zero attached hydrogens (tertiary/aromatic N) is 1. The smallest absolute Gasteiger partial charge is 0.238 e. The van der Waals surface area contributed by atoms with Gasteiger partial charge in [-0.2, -0.15) is 0 Å². The Morgan fingerprint density at radius 1 is 1.00 bits per heavy atom. The lowest BCUT2D eigenvalue weighted by Crippen LogP contribution is -2.43. The second-order valence-electron chi connectivity index (χ2n) is 8.19. The summed E-state index contributed by atoms with van der Waals surface area (Å²) in [5.41, 5.74) is 3.05. The first kappa shape index (κ1) is 23.6. The summed E-state index contributed by atoms with van der Waals surface area (Å²) in [6.07, 6.45) is 2.25. The van der Waals surface area contributed by atoms with Crippen LogP contribution in [-0.2, 0) is 16.0 Å². The fourth-order valence-corrected chi connectivity index (χ4v) is 3.90. The number of ether oxygens (including phenoxy) is 2. The molecule has 0 radical (unpaired) electrons. The van der Waals surface area contributed by atoms with Crippen LogP contribution in [0.15, 0.2) is 42.5 Å². The molecule has 32 heavy (non-hydrogen) atoms. The molecular formula is C25H33N3O4. The maximum absolute atomic E-state index is 12.6. The topological polar surface area (TPSA) is 79.9 Å². The Hall–Kier alpha value is -3.06. The van der Waals surface area contributed by atoms with Gasteiger partial charge in [0.25, 0.3) is 0 Å². The van der Waals surface area contributed by atoms with Crippen LogP contribution in [0.4, 0.5) is 5.69 Å². The molecule has 7 nitrogen and oxygen atoms in total. The van der Waals surface area contributed by atoms with Gasteiger partial charge >= 0.3 is 0 Å². The molecule has 1 fully saturated rings. The van der Waals surface area contributed by atoms with Gasteiger partial charge < -0.3 is 20.1 Å². The monoisotopic (exact) mass is 439 g/mol. The number of piperidine rings is 1. The van der Waals surface area contributed by atoms with E-state index in [1.807, 2.05) is 49.4 Å². The van der Waals surface area contributed by atoms with E-state index < -0.39 is 0 Å². The third-order valence-corrected chi connectivity index (χ3v) is 5.82. The van der Waals surface area contributed by atoms with E-state index >= 15 is 0 Å². The van der Waals surface area contributed by atoms with Gasteiger partial charge in [0.2, 0.25) is 11.8 Å². The van der Waals surface area contributed by atoms with Crippen molar-refractivity contribution >= 4 is 17.5 Å². The molecule has 1 heterocycles. The van der Waals surface area contributed by atoms with Crippen molar-refractivity contribution in [2.24, 2.45) is 5.92 Å². The van der Waals surface area contributed by atoms with Gasteiger partial charge in [-0.05, 0) is 69.1 Å². The third kappa shape index (κ3) is 6.72. The maximum Gasteiger partial charge on any atom is 0.238 e. The highest BCUT2D eigenvalue weighted by Gasteiger charge is 2.25. The number of anilines is 1. The Morgan fingerprint density at radius 2 is 1.69 bits per heavy atom. The van der Waals surface area contributed by atoms with Crippen molar-refractivity contribution < 1.29 is 19.1 Å². The van der Waals surface area contributed by atoms with Crippen molar-refractivity contribution in [3.8, 4) is 11.5 Å². The first-order valence-corrected chi connectivity index (χ1v) is 11.1. The zero-order valence-corrected chi connectivity index (χ0v) is 19.1. The Balaban J connectivity index is 1.37. The highest BCUT2D eigenvalue weighted by atomic mass is 16.5. The average Bonchev–Trinajstić information content (AvgIpc) is 2.80. The summed E-state index contributed by atoms with van der Waals surface area (Å²) in [6.45, 7) is 4.43. The van der Waals surface area contributed by atoms with E-state index in [2.05, 4.69) is 15.5 Å². The highest BCUT2D eigenvalue weighted by molar-refractivity contribution is 5.92. The van der Waals surface area contributed by atoms with E-state index in [1.54, 1.807) is 14.2 Å². The number of hydrogen-bond donors (Lipinski definition) is 2. The third-order valence-electron chi connectivity index (χ3n) is 5.82. The molecule has 2 N–H and O–H groups in total. The van der Waals surface area contributed by atoms with Crippen molar-refractivity contribution in [1.29, 1.82) is 0 Å². The molecule has 1 aliphatic heterocycles. The molecule has 2 aromatic rings. The van der Waals surface area contributed by atoms with Gasteiger partial charge in [-0.3, -0.25) is 14.5 Å². The molecule has 0 unspecified atom stereocenters. The largest absolute Gasteiger partial charge is 0.493 e. The number of rotatable bonds is 9. The molecule has 7 heteroatoms. The number of nitrogens with one attached hydrogen (secondary N) is 2. The summed E-state index contributed by atoms with van der Waals surface area (Å²) in [6, 6.07) is 13.6. The minimum absolute atomic E-state index is 0.00295. The molecule has 0 atom stereocenters. The van der Waals surface area contributed by atoms with Crippen molar-refractivity contribution in [2.45, 2.75) is 26.2 Å². The molecular weight excluding hydrogens is 406 g/mol. The fraction of sp³-hybridized carbons (Fsp3) is 0.440. The van der Waals surface area contributed by atoms with Crippen LogP contribution in [0.3, 0.4) is 0 Å². The summed E-state index contributed by atoms with van der Waals surface area (Å²) in [5.74, 6) is 1.45. The molecule has 1 saturated heterocycles. The summed E-state index contributed by atoms with van der Waals surface area (Å²) >= 11 is 0. The molecule has 0 saturated carbocycles. The van der Waals surface area contributed by atoms with Crippen molar-refractivity contribution in [3.05, 3.63) is 53.6 Å². The molecule has 0 bridgehead atoms. The van der Waals surface area contributed by atoms with Crippen LogP contribution in [0.2, 0.25) is 0 Å². The molecule has 1 aliphatic rings. The van der Waals surface area contributed by atoms with E-state index in [0.717, 1.165) is 49.2 Å². The Morgan fingerprint density at radius 3 is 2.34 bits per heavy atom. The van der Waals surface area contributed by atoms with Crippen LogP contribution in [0.5, 0.6) is 11.5 Å². The van der Waals surface area contributed by atoms with Gasteiger partial charge in [0.15, 0.2) is 11.5 Å². The number of hydrogen-bond acceptors (Lipinski definition) is 5. The van der Waals surface area contributed by atoms with Crippen molar-refractivity contribution in [2.75, 3.05) is 45.7 Å². The number of carbonyl (C=O) groups is 2. The molecule has 172 valence electrons. The van der Waals surface area contributed by atoms with Gasteiger partial charge in [-0.1, -0.05) is 23.8 Å². The number of amides is 2. The second-order valence-corrected chi connectivity index (χ2v) is 8.19. The first-order valence-electron chi connectivity index (χ1n) is 11.1. The van der Waals surface area contributed by atoms with Gasteiger partial charge in [0, 0.05) is 18.2 Å². The standard InChI is InChI=1S/C25H33N3O4/c1-18-4-7-21(8-5-18)27-24(29)17-28-14-11-20(12-15-28)25(30)26-13-10-19-6-9-22(31-2)23(16-19)32-3/h4-9,16,20H,10-15,17H2,1-3H3,(H,26,30)(H,27,29). The summed E-state index contributed by atoms with van der Waals surface area (Å²) in [4.78, 5) is 27.0. The van der Waals surface area contributed by atoms with E-state index in [0.29, 0.717) is 24.6 Å². The number of benzene rings is 2. The minimum atomic E-state index is -0.0216. The highest BCUT2D eigenvalue weighted by Crippen LogP contribution is 2.27. The molecule has 2 amide bonds. The van der Waals surface area contributed by atoms with E-state index in [-0.39, 0.29) is 17.7 Å². The van der Waals surface area contributed by atoms with Crippen LogP contribution in [0, 0.1) is 12.8 Å². The quantitative estimate of drug-likeness (QED) is 0.628. The minimum Gasteiger partial charge on any atom is -0.493 e. The van der Waals surface area contributed by atoms with Gasteiger partial charge in [-0.15, -0.1) is 0 Å². The SMILES string of the molecule is COc1ccc(CCNC(=O)C2CCN(CC(=O)Nc3ccc(C)cc3)CC2)cc1OC. The second kappa shape index (κ2) is 11.5. The normalized spacial score (nSPS) is 14.6. The van der Waals surface area contributed by atoms with Crippen LogP contribution in [0.1, 0.15) is 24.0 Å². The predicted molar refractivity (Wildman–Crippen MR) is 125 cm³/mol. The van der Waals surface area contributed by atoms with Gasteiger partial charge in [-0.25, -0.2) is 0 Å². The lowest BCUT2D eigenvalue weighted by molar-refractivity contribution is -0.126. The van der Waals surface area contributed by atoms with Crippen LogP contribution < -0.4 is 20.1 Å². The van der Waals surface area contributed by atoms with E-state index in [1.165, 1.54) is 0 Å². The van der Waals surface area contributed by atoms with E-state index in [4.69, 9.17) is 9.47 Å². The number of carbonyl (C=O) groups excluding carboxylic acids is 2. The zero-order valence-electron chi connectivity index (χ0n) is 19.1. The van der Waals surface area contributed by atoms with Crippen molar-refractivity contribution in [1.82, 2.24) is 10.2 Å². The Bertz CT molecular complexity index is 906. The first-order chi connectivity index (χ1) is 15.5. The van der Waals surface area contributed by atoms with Crippen LogP contribution >= 0.6 is 0 Å².